The van der Waals surface area contributed by atoms with Crippen molar-refractivity contribution >= 4 is 41.7 Å². The van der Waals surface area contributed by atoms with Crippen LogP contribution in [0.25, 0.3) is 5.57 Å². The molecule has 0 radical (unpaired) electrons. The van der Waals surface area contributed by atoms with Crippen molar-refractivity contribution in [1.29, 1.82) is 0 Å². The SMILES string of the molecule is CCOP1(=O)N=C(c2c(O)c(C3=CSCC3)nn(CCC(C)C)c2=O)Nc2ccccc21. The van der Waals surface area contributed by atoms with Crippen LogP contribution in [0.3, 0.4) is 0 Å². The second kappa shape index (κ2) is 9.25. The molecule has 8 nitrogen and oxygen atoms in total. The molecule has 0 saturated heterocycles. The number of nitrogens with zero attached hydrogens (tertiary/aromatic N) is 3. The first-order valence-corrected chi connectivity index (χ1v) is 13.3. The lowest BCUT2D eigenvalue weighted by Crippen LogP contribution is -2.35. The molecule has 32 heavy (non-hydrogen) atoms. The van der Waals surface area contributed by atoms with Crippen molar-refractivity contribution in [1.82, 2.24) is 9.78 Å². The number of anilines is 1. The van der Waals surface area contributed by atoms with Crippen molar-refractivity contribution in [2.45, 2.75) is 40.2 Å². The third-order valence-electron chi connectivity index (χ3n) is 5.30. The molecule has 0 aliphatic carbocycles. The molecule has 10 heteroatoms. The summed E-state index contributed by atoms with van der Waals surface area (Å²) in [7, 11) is -3.62. The Morgan fingerprint density at radius 2 is 2.12 bits per heavy atom. The highest BCUT2D eigenvalue weighted by molar-refractivity contribution is 8.02. The van der Waals surface area contributed by atoms with Crippen LogP contribution in [0.5, 0.6) is 5.75 Å². The Kier molecular flexibility index (Phi) is 6.60. The number of fused-ring (bicyclic) bond motifs is 1. The zero-order chi connectivity index (χ0) is 22.9. The minimum Gasteiger partial charge on any atom is -0.505 e. The normalized spacial score (nSPS) is 20.0. The number of para-hydroxylation sites is 1. The van der Waals surface area contributed by atoms with Gasteiger partial charge in [0.15, 0.2) is 11.6 Å². The number of allylic oxidation sites excluding steroid dienone is 1. The quantitative estimate of drug-likeness (QED) is 0.580. The number of thioether (sulfide) groups is 1. The van der Waals surface area contributed by atoms with Gasteiger partial charge in [-0.25, -0.2) is 4.68 Å². The minimum absolute atomic E-state index is 0.0361. The third kappa shape index (κ3) is 4.29. The van der Waals surface area contributed by atoms with Crippen LogP contribution in [0.4, 0.5) is 5.69 Å². The second-order valence-electron chi connectivity index (χ2n) is 8.08. The number of rotatable bonds is 7. The first-order valence-electron chi connectivity index (χ1n) is 10.7. The van der Waals surface area contributed by atoms with E-state index in [-0.39, 0.29) is 23.8 Å². The summed E-state index contributed by atoms with van der Waals surface area (Å²) in [5, 5.41) is 21.1. The van der Waals surface area contributed by atoms with Crippen LogP contribution in [0.2, 0.25) is 0 Å². The summed E-state index contributed by atoms with van der Waals surface area (Å²) in [4.78, 5) is 13.4. The van der Waals surface area contributed by atoms with Gasteiger partial charge in [-0.3, -0.25) is 9.36 Å². The van der Waals surface area contributed by atoms with Crippen LogP contribution in [0.1, 0.15) is 44.9 Å². The van der Waals surface area contributed by atoms with Gasteiger partial charge >= 0.3 is 7.52 Å². The van der Waals surface area contributed by atoms with Gasteiger partial charge in [0, 0.05) is 12.3 Å². The van der Waals surface area contributed by atoms with E-state index in [1.807, 2.05) is 5.41 Å². The molecule has 1 aromatic heterocycles. The van der Waals surface area contributed by atoms with Crippen LogP contribution in [0.15, 0.2) is 39.2 Å². The maximum Gasteiger partial charge on any atom is 0.348 e. The summed E-state index contributed by atoms with van der Waals surface area (Å²) in [5.41, 5.74) is 1.26. The Bertz CT molecular complexity index is 1200. The summed E-state index contributed by atoms with van der Waals surface area (Å²) >= 11 is 1.64. The number of hydrogen-bond donors (Lipinski definition) is 2. The van der Waals surface area contributed by atoms with Crippen LogP contribution < -0.4 is 16.2 Å². The lowest BCUT2D eigenvalue weighted by atomic mass is 10.1. The predicted molar refractivity (Wildman–Crippen MR) is 130 cm³/mol. The van der Waals surface area contributed by atoms with E-state index in [2.05, 4.69) is 29.0 Å². The molecular weight excluding hydrogens is 447 g/mol. The second-order valence-corrected chi connectivity index (χ2v) is 11.0. The zero-order valence-electron chi connectivity index (χ0n) is 18.4. The average Bonchev–Trinajstić information content (AvgIpc) is 3.28. The van der Waals surface area contributed by atoms with Gasteiger partial charge in [-0.2, -0.15) is 9.86 Å². The first kappa shape index (κ1) is 22.8. The van der Waals surface area contributed by atoms with Crippen molar-refractivity contribution in [3.05, 3.63) is 51.3 Å². The number of aromatic hydroxyl groups is 1. The predicted octanol–water partition coefficient (Wildman–Crippen LogP) is 4.20. The fourth-order valence-corrected chi connectivity index (χ4v) is 6.30. The topological polar surface area (TPSA) is 106 Å². The largest absolute Gasteiger partial charge is 0.505 e. The van der Waals surface area contributed by atoms with E-state index in [1.165, 1.54) is 4.68 Å². The van der Waals surface area contributed by atoms with Crippen molar-refractivity contribution in [2.75, 3.05) is 17.7 Å². The Labute approximate surface area is 191 Å². The lowest BCUT2D eigenvalue weighted by molar-refractivity contribution is 0.341. The molecular formula is C22H27N4O4PS. The highest BCUT2D eigenvalue weighted by atomic mass is 32.2. The van der Waals surface area contributed by atoms with Gasteiger partial charge < -0.3 is 14.9 Å². The first-order chi connectivity index (χ1) is 15.3. The average molecular weight is 475 g/mol. The van der Waals surface area contributed by atoms with Gasteiger partial charge in [0.25, 0.3) is 5.56 Å². The molecule has 2 aliphatic rings. The monoisotopic (exact) mass is 474 g/mol. The van der Waals surface area contributed by atoms with Gasteiger partial charge in [-0.1, -0.05) is 26.0 Å². The molecule has 1 unspecified atom stereocenters. The van der Waals surface area contributed by atoms with Crippen LogP contribution in [-0.2, 0) is 15.6 Å². The molecule has 0 fully saturated rings. The van der Waals surface area contributed by atoms with Crippen LogP contribution in [0, 0.1) is 5.92 Å². The fourth-order valence-electron chi connectivity index (χ4n) is 3.64. The van der Waals surface area contributed by atoms with E-state index >= 15 is 0 Å². The Morgan fingerprint density at radius 3 is 2.81 bits per heavy atom. The number of aryl methyl sites for hydroxylation is 1. The molecule has 0 amide bonds. The summed E-state index contributed by atoms with van der Waals surface area (Å²) in [6.45, 7) is 6.49. The molecule has 2 N–H and O–H groups in total. The van der Waals surface area contributed by atoms with Crippen molar-refractivity contribution < 1.29 is 14.2 Å². The Morgan fingerprint density at radius 1 is 1.34 bits per heavy atom. The van der Waals surface area contributed by atoms with Crippen LogP contribution >= 0.6 is 19.3 Å². The van der Waals surface area contributed by atoms with E-state index in [0.717, 1.165) is 24.2 Å². The van der Waals surface area contributed by atoms with Gasteiger partial charge in [0.2, 0.25) is 0 Å². The molecule has 0 saturated carbocycles. The fraction of sp³-hybridized carbons (Fsp3) is 0.409. The molecule has 0 spiro atoms. The summed E-state index contributed by atoms with van der Waals surface area (Å²) < 4.78 is 24.9. The minimum atomic E-state index is -3.62. The van der Waals surface area contributed by atoms with E-state index in [4.69, 9.17) is 4.52 Å². The molecule has 2 aromatic rings. The summed E-state index contributed by atoms with van der Waals surface area (Å²) in [5.74, 6) is 1.05. The molecule has 1 atom stereocenters. The molecule has 4 rings (SSSR count). The number of aromatic nitrogens is 2. The molecule has 3 heterocycles. The van der Waals surface area contributed by atoms with E-state index < -0.39 is 13.1 Å². The number of amidine groups is 1. The van der Waals surface area contributed by atoms with E-state index in [9.17, 15) is 14.5 Å². The summed E-state index contributed by atoms with van der Waals surface area (Å²) in [6, 6.07) is 7.00. The highest BCUT2D eigenvalue weighted by Crippen LogP contribution is 2.52. The van der Waals surface area contributed by atoms with Crippen LogP contribution in [-0.4, -0.2) is 33.1 Å². The smallest absolute Gasteiger partial charge is 0.348 e. The Balaban J connectivity index is 1.91. The van der Waals surface area contributed by atoms with Gasteiger partial charge in [-0.05, 0) is 48.8 Å². The van der Waals surface area contributed by atoms with E-state index in [1.54, 1.807) is 43.0 Å². The molecule has 1 aromatic carbocycles. The highest BCUT2D eigenvalue weighted by Gasteiger charge is 2.36. The van der Waals surface area contributed by atoms with Crippen molar-refractivity contribution in [3.8, 4) is 5.75 Å². The van der Waals surface area contributed by atoms with Crippen molar-refractivity contribution in [2.24, 2.45) is 10.7 Å². The third-order valence-corrected chi connectivity index (χ3v) is 8.26. The Hall–Kier alpha value is -2.35. The zero-order valence-corrected chi connectivity index (χ0v) is 20.1. The number of benzene rings is 1. The van der Waals surface area contributed by atoms with Crippen molar-refractivity contribution in [3.63, 3.8) is 0 Å². The summed E-state index contributed by atoms with van der Waals surface area (Å²) in [6.07, 6.45) is 1.50. The number of nitrogens with one attached hydrogen (secondary N) is 1. The molecule has 170 valence electrons. The molecule has 2 aliphatic heterocycles. The van der Waals surface area contributed by atoms with E-state index in [0.29, 0.717) is 29.1 Å². The van der Waals surface area contributed by atoms with Gasteiger partial charge in [0.05, 0.1) is 17.6 Å². The standard InChI is InChI=1S/C22H27N4O4PS/c1-4-30-31(29)17-8-6-5-7-16(17)23-21(25-31)18-20(27)19(15-10-12-32-13-15)24-26(22(18)28)11-9-14(2)3/h5-8,13-14,27H,4,9-12H2,1-3H3,(H,23,25,29). The van der Waals surface area contributed by atoms with Gasteiger partial charge in [-0.15, -0.1) is 11.8 Å². The lowest BCUT2D eigenvalue weighted by Gasteiger charge is -2.25. The maximum absolute atomic E-state index is 13.6. The number of hydrogen-bond acceptors (Lipinski definition) is 7. The maximum atomic E-state index is 13.6. The molecule has 0 bridgehead atoms. The van der Waals surface area contributed by atoms with Gasteiger partial charge in [0.1, 0.15) is 11.3 Å².